The smallest absolute Gasteiger partial charge is 0.233 e. The molecule has 1 aliphatic heterocycles. The number of carbonyl (C=O) groups excluding carboxylic acids is 1. The zero-order valence-electron chi connectivity index (χ0n) is 9.00. The fourth-order valence-electron chi connectivity index (χ4n) is 2.03. The molecule has 84 valence electrons. The molecule has 1 aromatic rings. The van der Waals surface area contributed by atoms with Crippen LogP contribution in [0.15, 0.2) is 24.5 Å². The zero-order valence-corrected chi connectivity index (χ0v) is 9.82. The Morgan fingerprint density at radius 1 is 1.50 bits per heavy atom. The van der Waals surface area contributed by atoms with Crippen LogP contribution in [0.3, 0.4) is 0 Å². The maximum absolute atomic E-state index is 11.8. The summed E-state index contributed by atoms with van der Waals surface area (Å²) in [4.78, 5) is 18.0. The maximum atomic E-state index is 11.8. The van der Waals surface area contributed by atoms with E-state index in [0.29, 0.717) is 5.75 Å². The first-order valence-corrected chi connectivity index (χ1v) is 6.70. The molecule has 2 heterocycles. The van der Waals surface area contributed by atoms with Crippen molar-refractivity contribution in [3.63, 3.8) is 0 Å². The molecule has 1 amide bonds. The Morgan fingerprint density at radius 3 is 3.06 bits per heavy atom. The number of nitrogens with zero attached hydrogens (tertiary/aromatic N) is 2. The van der Waals surface area contributed by atoms with Gasteiger partial charge in [-0.25, -0.2) is 0 Å². The van der Waals surface area contributed by atoms with E-state index in [-0.39, 0.29) is 11.3 Å². The van der Waals surface area contributed by atoms with Crippen molar-refractivity contribution in [3.8, 4) is 0 Å². The number of rotatable bonds is 3. The summed E-state index contributed by atoms with van der Waals surface area (Å²) in [5, 5.41) is 0.196. The second-order valence-electron chi connectivity index (χ2n) is 4.44. The number of carbonyl (C=O) groups is 1. The topological polar surface area (TPSA) is 33.2 Å². The van der Waals surface area contributed by atoms with E-state index in [1.807, 2.05) is 17.2 Å². The summed E-state index contributed by atoms with van der Waals surface area (Å²) < 4.78 is 0. The number of aromatic nitrogens is 1. The molecular formula is C12H14N2OS. The standard InChI is InChI=1S/C12H14N2OS/c15-11-8-16-12(10-2-1-5-13-6-10)14(11)7-9-3-4-9/h1-2,5-6,9,12H,3-4,7-8H2/t12-/m0/s1. The predicted molar refractivity (Wildman–Crippen MR) is 63.9 cm³/mol. The molecule has 0 bridgehead atoms. The van der Waals surface area contributed by atoms with Gasteiger partial charge >= 0.3 is 0 Å². The van der Waals surface area contributed by atoms with Crippen LogP contribution in [0.4, 0.5) is 0 Å². The molecule has 1 aromatic heterocycles. The Kier molecular flexibility index (Phi) is 2.59. The molecule has 0 unspecified atom stereocenters. The summed E-state index contributed by atoms with van der Waals surface area (Å²) in [6.07, 6.45) is 6.22. The monoisotopic (exact) mass is 234 g/mol. The summed E-state index contributed by atoms with van der Waals surface area (Å²) in [5.74, 6) is 1.65. The predicted octanol–water partition coefficient (Wildman–Crippen LogP) is 2.07. The third kappa shape index (κ3) is 1.94. The molecule has 1 aliphatic carbocycles. The normalized spacial score (nSPS) is 25.1. The molecule has 3 rings (SSSR count). The first-order chi connectivity index (χ1) is 7.84. The zero-order chi connectivity index (χ0) is 11.0. The average molecular weight is 234 g/mol. The van der Waals surface area contributed by atoms with E-state index in [4.69, 9.17) is 0 Å². The molecule has 1 atom stereocenters. The molecular weight excluding hydrogens is 220 g/mol. The summed E-state index contributed by atoms with van der Waals surface area (Å²) in [6.45, 7) is 0.936. The van der Waals surface area contributed by atoms with Gasteiger partial charge in [-0.2, -0.15) is 0 Å². The molecule has 1 saturated heterocycles. The third-order valence-electron chi connectivity index (χ3n) is 3.09. The fourth-order valence-corrected chi connectivity index (χ4v) is 3.21. The molecule has 0 aromatic carbocycles. The first-order valence-electron chi connectivity index (χ1n) is 5.65. The van der Waals surface area contributed by atoms with Gasteiger partial charge in [0.05, 0.1) is 5.75 Å². The minimum atomic E-state index is 0.196. The van der Waals surface area contributed by atoms with E-state index >= 15 is 0 Å². The van der Waals surface area contributed by atoms with Crippen molar-refractivity contribution in [2.24, 2.45) is 5.92 Å². The summed E-state index contributed by atoms with van der Waals surface area (Å²) in [7, 11) is 0. The van der Waals surface area contributed by atoms with Crippen molar-refractivity contribution in [2.75, 3.05) is 12.3 Å². The number of hydrogen-bond acceptors (Lipinski definition) is 3. The van der Waals surface area contributed by atoms with Crippen LogP contribution in [0.2, 0.25) is 0 Å². The van der Waals surface area contributed by atoms with Gasteiger partial charge in [-0.3, -0.25) is 9.78 Å². The van der Waals surface area contributed by atoms with Gasteiger partial charge in [-0.1, -0.05) is 6.07 Å². The second kappa shape index (κ2) is 4.09. The summed E-state index contributed by atoms with van der Waals surface area (Å²) in [5.41, 5.74) is 1.15. The highest BCUT2D eigenvalue weighted by Gasteiger charge is 2.36. The molecule has 3 nitrogen and oxygen atoms in total. The molecule has 2 aliphatic rings. The molecule has 16 heavy (non-hydrogen) atoms. The van der Waals surface area contributed by atoms with Gasteiger partial charge in [-0.15, -0.1) is 11.8 Å². The summed E-state index contributed by atoms with van der Waals surface area (Å²) in [6, 6.07) is 4.00. The minimum Gasteiger partial charge on any atom is -0.325 e. The van der Waals surface area contributed by atoms with E-state index in [2.05, 4.69) is 11.1 Å². The van der Waals surface area contributed by atoms with Crippen molar-refractivity contribution in [2.45, 2.75) is 18.2 Å². The van der Waals surface area contributed by atoms with E-state index in [9.17, 15) is 4.79 Å². The highest BCUT2D eigenvalue weighted by Crippen LogP contribution is 2.41. The van der Waals surface area contributed by atoms with Crippen LogP contribution in [0.25, 0.3) is 0 Å². The fraction of sp³-hybridized carbons (Fsp3) is 0.500. The first kappa shape index (κ1) is 10.1. The lowest BCUT2D eigenvalue weighted by Gasteiger charge is -2.23. The Balaban J connectivity index is 1.80. The molecule has 1 saturated carbocycles. The maximum Gasteiger partial charge on any atom is 0.233 e. The molecule has 2 fully saturated rings. The van der Waals surface area contributed by atoms with Crippen LogP contribution in [-0.4, -0.2) is 28.1 Å². The third-order valence-corrected chi connectivity index (χ3v) is 4.35. The Bertz CT molecular complexity index is 391. The Hall–Kier alpha value is -1.03. The van der Waals surface area contributed by atoms with Crippen molar-refractivity contribution in [1.29, 1.82) is 0 Å². The SMILES string of the molecule is O=C1CS[C@@H](c2cccnc2)N1CC1CC1. The van der Waals surface area contributed by atoms with Gasteiger partial charge in [-0.05, 0) is 24.8 Å². The van der Waals surface area contributed by atoms with Gasteiger partial charge < -0.3 is 4.90 Å². The highest BCUT2D eigenvalue weighted by molar-refractivity contribution is 8.00. The quantitative estimate of drug-likeness (QED) is 0.802. The molecule has 0 N–H and O–H groups in total. The Morgan fingerprint density at radius 2 is 2.38 bits per heavy atom. The largest absolute Gasteiger partial charge is 0.325 e. The van der Waals surface area contributed by atoms with Crippen LogP contribution < -0.4 is 0 Å². The second-order valence-corrected chi connectivity index (χ2v) is 5.51. The highest BCUT2D eigenvalue weighted by atomic mass is 32.2. The summed E-state index contributed by atoms with van der Waals surface area (Å²) >= 11 is 1.72. The number of amides is 1. The van der Waals surface area contributed by atoms with Gasteiger partial charge in [0.25, 0.3) is 0 Å². The lowest BCUT2D eigenvalue weighted by Crippen LogP contribution is -2.30. The van der Waals surface area contributed by atoms with Gasteiger partial charge in [0.15, 0.2) is 0 Å². The van der Waals surface area contributed by atoms with Crippen molar-refractivity contribution in [3.05, 3.63) is 30.1 Å². The van der Waals surface area contributed by atoms with Crippen LogP contribution in [-0.2, 0) is 4.79 Å². The van der Waals surface area contributed by atoms with Crippen molar-refractivity contribution >= 4 is 17.7 Å². The van der Waals surface area contributed by atoms with Crippen molar-refractivity contribution in [1.82, 2.24) is 9.88 Å². The lowest BCUT2D eigenvalue weighted by atomic mass is 10.2. The number of thioether (sulfide) groups is 1. The van der Waals surface area contributed by atoms with Crippen LogP contribution in [0, 0.1) is 5.92 Å². The van der Waals surface area contributed by atoms with Gasteiger partial charge in [0, 0.05) is 24.5 Å². The minimum absolute atomic E-state index is 0.196. The molecule has 4 heteroatoms. The van der Waals surface area contributed by atoms with E-state index in [1.165, 1.54) is 12.8 Å². The van der Waals surface area contributed by atoms with Gasteiger partial charge in [0.2, 0.25) is 5.91 Å². The number of pyridine rings is 1. The lowest BCUT2D eigenvalue weighted by molar-refractivity contribution is -0.128. The van der Waals surface area contributed by atoms with E-state index < -0.39 is 0 Å². The van der Waals surface area contributed by atoms with E-state index in [1.54, 1.807) is 18.0 Å². The average Bonchev–Trinajstić information content (AvgIpc) is 3.06. The van der Waals surface area contributed by atoms with Crippen LogP contribution in [0.1, 0.15) is 23.8 Å². The van der Waals surface area contributed by atoms with E-state index in [0.717, 1.165) is 18.0 Å². The number of hydrogen-bond donors (Lipinski definition) is 0. The van der Waals surface area contributed by atoms with Crippen LogP contribution >= 0.6 is 11.8 Å². The Labute approximate surface area is 99.2 Å². The molecule has 0 radical (unpaired) electrons. The van der Waals surface area contributed by atoms with Gasteiger partial charge in [0.1, 0.15) is 5.37 Å². The molecule has 0 spiro atoms. The van der Waals surface area contributed by atoms with Crippen LogP contribution in [0.5, 0.6) is 0 Å². The van der Waals surface area contributed by atoms with Crippen molar-refractivity contribution < 1.29 is 4.79 Å².